The van der Waals surface area contributed by atoms with Gasteiger partial charge in [-0.25, -0.2) is 8.42 Å². The zero-order valence-electron chi connectivity index (χ0n) is 8.73. The van der Waals surface area contributed by atoms with Crippen molar-refractivity contribution in [2.45, 2.75) is 25.4 Å². The van der Waals surface area contributed by atoms with Gasteiger partial charge in [0.05, 0.1) is 22.7 Å². The van der Waals surface area contributed by atoms with E-state index in [-0.39, 0.29) is 72.0 Å². The molecule has 0 saturated carbocycles. The first-order valence-electron chi connectivity index (χ1n) is 3.30. The number of rotatable bonds is 7. The van der Waals surface area contributed by atoms with E-state index in [0.717, 1.165) is 0 Å². The van der Waals surface area contributed by atoms with E-state index in [1.54, 1.807) is 0 Å². The molecule has 86 valence electrons. The second-order valence-electron chi connectivity index (χ2n) is 2.09. The molecule has 0 saturated heterocycles. The van der Waals surface area contributed by atoms with Crippen LogP contribution >= 0.6 is 0 Å². The molecular weight excluding hydrogens is 286 g/mol. The van der Waals surface area contributed by atoms with Gasteiger partial charge in [-0.05, 0) is 0 Å². The molecular formula is C4H8Na2O8S2. The minimum absolute atomic E-state index is 0. The predicted molar refractivity (Wildman–Crippen MR) is 41.3 cm³/mol. The van der Waals surface area contributed by atoms with Crippen molar-refractivity contribution in [3.63, 3.8) is 0 Å². The molecule has 0 aromatic heterocycles. The Hall–Kier alpha value is 2.06. The Labute approximate surface area is 142 Å². The average molecular weight is 294 g/mol. The Balaban J connectivity index is -0.000000845. The fourth-order valence-corrected chi connectivity index (χ4v) is 1.12. The molecule has 0 aliphatic carbocycles. The minimum atomic E-state index is -2.87. The molecule has 0 spiro atoms. The van der Waals surface area contributed by atoms with Gasteiger partial charge in [-0.3, -0.25) is 8.37 Å². The molecule has 4 atom stereocenters. The van der Waals surface area contributed by atoms with Crippen molar-refractivity contribution >= 4 is 22.7 Å². The van der Waals surface area contributed by atoms with Crippen molar-refractivity contribution in [2.75, 3.05) is 0 Å². The van der Waals surface area contributed by atoms with E-state index >= 15 is 0 Å². The Bertz CT molecular complexity index is 194. The molecule has 2 N–H and O–H groups in total. The molecule has 0 rings (SSSR count). The first-order chi connectivity index (χ1) is 6.41. The van der Waals surface area contributed by atoms with Gasteiger partial charge < -0.3 is 19.3 Å². The molecule has 0 aromatic rings. The van der Waals surface area contributed by atoms with Crippen molar-refractivity contribution in [2.24, 2.45) is 0 Å². The molecule has 0 aliphatic rings. The predicted octanol–water partition coefficient (Wildman–Crippen LogP) is -7.97. The fraction of sp³-hybridized carbons (Fsp3) is 1.00. The molecule has 0 amide bonds. The van der Waals surface area contributed by atoms with E-state index in [2.05, 4.69) is 8.37 Å². The van der Waals surface area contributed by atoms with Gasteiger partial charge >= 0.3 is 59.1 Å². The summed E-state index contributed by atoms with van der Waals surface area (Å²) in [5.41, 5.74) is 0. The number of aliphatic hydroxyl groups is 2. The van der Waals surface area contributed by atoms with E-state index < -0.39 is 35.3 Å². The van der Waals surface area contributed by atoms with Gasteiger partial charge in [0.1, 0.15) is 0 Å². The topological polar surface area (TPSA) is 139 Å². The number of hydrogen-bond acceptors (Lipinski definition) is 8. The maximum absolute atomic E-state index is 9.86. The number of hydrogen-bond donors (Lipinski definition) is 2. The van der Waals surface area contributed by atoms with Gasteiger partial charge in [0.2, 0.25) is 0 Å². The maximum atomic E-state index is 9.86. The van der Waals surface area contributed by atoms with Crippen LogP contribution in [0, 0.1) is 0 Å². The van der Waals surface area contributed by atoms with Crippen LogP contribution in [0.3, 0.4) is 0 Å². The van der Waals surface area contributed by atoms with Crippen LogP contribution in [0.5, 0.6) is 0 Å². The van der Waals surface area contributed by atoms with Crippen LogP contribution in [-0.2, 0) is 31.1 Å². The van der Waals surface area contributed by atoms with Crippen LogP contribution in [0.15, 0.2) is 0 Å². The van der Waals surface area contributed by atoms with Gasteiger partial charge in [-0.1, -0.05) is 0 Å². The Morgan fingerprint density at radius 3 is 1.38 bits per heavy atom. The van der Waals surface area contributed by atoms with Crippen molar-refractivity contribution in [3.05, 3.63) is 0 Å². The van der Waals surface area contributed by atoms with Crippen molar-refractivity contribution in [3.8, 4) is 0 Å². The van der Waals surface area contributed by atoms with Gasteiger partial charge in [0, 0.05) is 12.8 Å². The fourth-order valence-electron chi connectivity index (χ4n) is 0.563. The molecule has 16 heavy (non-hydrogen) atoms. The summed E-state index contributed by atoms with van der Waals surface area (Å²) in [6.07, 6.45) is -3.84. The average Bonchev–Trinajstić information content (AvgIpc) is 1.98. The Morgan fingerprint density at radius 2 is 1.19 bits per heavy atom. The van der Waals surface area contributed by atoms with Crippen LogP contribution in [0.2, 0.25) is 0 Å². The summed E-state index contributed by atoms with van der Waals surface area (Å²) >= 11 is -5.73. The van der Waals surface area contributed by atoms with E-state index in [1.165, 1.54) is 0 Å². The smallest absolute Gasteiger partial charge is 0.750 e. The standard InChI is InChI=1S/C4H10O8S2.2Na/c5-3(11-13(7)8)1-2-4(6)12-14(9)10;;/h3-6H,1-2H2,(H,7,8)(H,9,10);;/q;2*+1/p-2. The first kappa shape index (κ1) is 23.2. The van der Waals surface area contributed by atoms with Crippen LogP contribution in [0.1, 0.15) is 12.8 Å². The van der Waals surface area contributed by atoms with Gasteiger partial charge in [-0.2, -0.15) is 0 Å². The van der Waals surface area contributed by atoms with E-state index in [9.17, 15) is 17.5 Å². The minimum Gasteiger partial charge on any atom is -0.750 e. The van der Waals surface area contributed by atoms with Crippen molar-refractivity contribution < 1.29 is 95.2 Å². The first-order valence-corrected chi connectivity index (χ1v) is 5.30. The summed E-state index contributed by atoms with van der Waals surface area (Å²) in [6.45, 7) is 0. The largest absolute Gasteiger partial charge is 1.00 e. The van der Waals surface area contributed by atoms with Crippen LogP contribution in [0.4, 0.5) is 0 Å². The van der Waals surface area contributed by atoms with Gasteiger partial charge in [0.15, 0.2) is 12.6 Å². The third-order valence-electron chi connectivity index (χ3n) is 1.04. The SMILES string of the molecule is O=S([O-])OC(O)CCC(O)OS(=O)[O-].[Na+].[Na+]. The summed E-state index contributed by atoms with van der Waals surface area (Å²) in [5, 5.41) is 17.5. The Morgan fingerprint density at radius 1 is 0.938 bits per heavy atom. The summed E-state index contributed by atoms with van der Waals surface area (Å²) in [6, 6.07) is 0. The molecule has 0 aromatic carbocycles. The third-order valence-corrected chi connectivity index (χ3v) is 1.80. The summed E-state index contributed by atoms with van der Waals surface area (Å²) in [4.78, 5) is 0. The molecule has 12 heteroatoms. The molecule has 8 nitrogen and oxygen atoms in total. The summed E-state index contributed by atoms with van der Waals surface area (Å²) < 4.78 is 47.1. The molecule has 4 unspecified atom stereocenters. The van der Waals surface area contributed by atoms with Crippen LogP contribution in [-0.4, -0.2) is 40.3 Å². The zero-order chi connectivity index (χ0) is 11.1. The number of aliphatic hydroxyl groups excluding tert-OH is 2. The summed E-state index contributed by atoms with van der Waals surface area (Å²) in [5.74, 6) is 0. The molecule has 0 bridgehead atoms. The maximum Gasteiger partial charge on any atom is 1.00 e. The second-order valence-corrected chi connectivity index (χ2v) is 3.29. The quantitative estimate of drug-likeness (QED) is 0.268. The monoisotopic (exact) mass is 294 g/mol. The summed E-state index contributed by atoms with van der Waals surface area (Å²) in [7, 11) is 0. The van der Waals surface area contributed by atoms with Crippen LogP contribution in [0.25, 0.3) is 0 Å². The van der Waals surface area contributed by atoms with Gasteiger partial charge in [-0.15, -0.1) is 0 Å². The van der Waals surface area contributed by atoms with Crippen molar-refractivity contribution in [1.29, 1.82) is 0 Å². The van der Waals surface area contributed by atoms with Crippen LogP contribution < -0.4 is 59.1 Å². The van der Waals surface area contributed by atoms with E-state index in [4.69, 9.17) is 10.2 Å². The van der Waals surface area contributed by atoms with E-state index in [1.807, 2.05) is 0 Å². The molecule has 0 aliphatic heterocycles. The molecule has 0 radical (unpaired) electrons. The molecule has 0 heterocycles. The molecule has 0 fully saturated rings. The normalized spacial score (nSPS) is 17.5. The Kier molecular flexibility index (Phi) is 19.5. The van der Waals surface area contributed by atoms with E-state index in [0.29, 0.717) is 0 Å². The van der Waals surface area contributed by atoms with Crippen molar-refractivity contribution in [1.82, 2.24) is 0 Å². The third kappa shape index (κ3) is 16.1. The second kappa shape index (κ2) is 13.5. The van der Waals surface area contributed by atoms with Gasteiger partial charge in [0.25, 0.3) is 0 Å². The zero-order valence-corrected chi connectivity index (χ0v) is 14.4.